The van der Waals surface area contributed by atoms with Gasteiger partial charge in [-0.3, -0.25) is 0 Å². The number of allylic oxidation sites excluding steroid dienone is 4. The second kappa shape index (κ2) is 13.7. The van der Waals surface area contributed by atoms with Gasteiger partial charge in [0.15, 0.2) is 0 Å². The number of hydrogen-bond acceptors (Lipinski definition) is 7. The summed E-state index contributed by atoms with van der Waals surface area (Å²) in [5.41, 5.74) is 2.76. The average Bonchev–Trinajstić information content (AvgIpc) is 2.88. The molecule has 8 nitrogen and oxygen atoms in total. The first kappa shape index (κ1) is 26.5. The second-order valence-electron chi connectivity index (χ2n) is 7.93. The maximum absolute atomic E-state index is 12.8. The molecule has 0 atom stereocenters. The number of nitrogens with one attached hydrogen (secondary N) is 2. The zero-order valence-corrected chi connectivity index (χ0v) is 20.8. The molecule has 3 rings (SSSR count). The van der Waals surface area contributed by atoms with Crippen molar-refractivity contribution in [2.45, 2.75) is 24.7 Å². The number of benzene rings is 1. The van der Waals surface area contributed by atoms with E-state index in [1.165, 1.54) is 5.57 Å². The van der Waals surface area contributed by atoms with Gasteiger partial charge in [-0.1, -0.05) is 49.4 Å². The molecule has 0 bridgehead atoms. The van der Waals surface area contributed by atoms with Crippen LogP contribution in [0.1, 0.15) is 25.3 Å². The van der Waals surface area contributed by atoms with Gasteiger partial charge in [0.2, 0.25) is 16.0 Å². The molecule has 0 saturated heterocycles. The molecule has 1 aromatic heterocycles. The van der Waals surface area contributed by atoms with E-state index >= 15 is 0 Å². The van der Waals surface area contributed by atoms with Gasteiger partial charge in [-0.15, -0.1) is 0 Å². The van der Waals surface area contributed by atoms with Gasteiger partial charge >= 0.3 is 0 Å². The van der Waals surface area contributed by atoms with E-state index in [1.807, 2.05) is 36.1 Å². The van der Waals surface area contributed by atoms with Crippen molar-refractivity contribution >= 4 is 27.2 Å². The summed E-state index contributed by atoms with van der Waals surface area (Å²) in [6, 6.07) is 14.2. The van der Waals surface area contributed by atoms with Crippen molar-refractivity contribution in [1.29, 1.82) is 0 Å². The van der Waals surface area contributed by atoms with Crippen LogP contribution in [0.3, 0.4) is 0 Å². The number of likely N-dealkylation sites (N-methyl/N-ethyl adjacent to an activating group) is 1. The maximum Gasteiger partial charge on any atom is 0.240 e. The molecule has 1 aromatic carbocycles. The molecular weight excluding hydrogens is 462 g/mol. The largest absolute Gasteiger partial charge is 0.395 e. The molecule has 35 heavy (non-hydrogen) atoms. The Morgan fingerprint density at radius 2 is 1.97 bits per heavy atom. The smallest absolute Gasteiger partial charge is 0.240 e. The minimum Gasteiger partial charge on any atom is -0.395 e. The highest BCUT2D eigenvalue weighted by molar-refractivity contribution is 7.89. The molecule has 0 aliphatic heterocycles. The normalized spacial score (nSPS) is 13.3. The van der Waals surface area contributed by atoms with Crippen molar-refractivity contribution in [1.82, 2.24) is 19.6 Å². The predicted molar refractivity (Wildman–Crippen MR) is 140 cm³/mol. The first-order valence-corrected chi connectivity index (χ1v) is 13.2. The van der Waals surface area contributed by atoms with Gasteiger partial charge in [-0.2, -0.15) is 0 Å². The highest BCUT2D eigenvalue weighted by atomic mass is 32.2. The molecule has 0 fully saturated rings. The van der Waals surface area contributed by atoms with Gasteiger partial charge in [-0.05, 0) is 54.8 Å². The van der Waals surface area contributed by atoms with Crippen LogP contribution in [0.25, 0.3) is 5.57 Å². The standard InChI is InChI=1S/C26H33N5O3S/c1-2-31(18-19-32)17-16-29-35(33,34)25-14-9-13-24(20-25)30-26-27-15-8-4-7-12-23(21-28-26)22-10-5-3-6-11-22/h3-5,7-10,12-15,20-21,29,32H,2,6,11,16-19H2,1H3,(H,27,28,30). The van der Waals surface area contributed by atoms with Crippen LogP contribution in [0.15, 0.2) is 84.0 Å². The number of aliphatic hydroxyl groups is 1. The van der Waals surface area contributed by atoms with E-state index in [9.17, 15) is 8.42 Å². The van der Waals surface area contributed by atoms with Gasteiger partial charge in [0.05, 0.1) is 11.5 Å². The van der Waals surface area contributed by atoms with Crippen LogP contribution in [-0.4, -0.2) is 61.2 Å². The lowest BCUT2D eigenvalue weighted by Crippen LogP contribution is -2.36. The molecule has 0 amide bonds. The zero-order chi connectivity index (χ0) is 24.9. The minimum absolute atomic E-state index is 0.0398. The maximum atomic E-state index is 12.8. The van der Waals surface area contributed by atoms with Crippen LogP contribution in [0.2, 0.25) is 0 Å². The van der Waals surface area contributed by atoms with Crippen LogP contribution in [0.4, 0.5) is 11.6 Å². The Bertz CT molecular complexity index is 1200. The van der Waals surface area contributed by atoms with Crippen LogP contribution in [0.5, 0.6) is 0 Å². The summed E-state index contributed by atoms with van der Waals surface area (Å²) in [4.78, 5) is 11.0. The molecule has 0 saturated carbocycles. The van der Waals surface area contributed by atoms with E-state index in [-0.39, 0.29) is 18.0 Å². The molecule has 1 heterocycles. The van der Waals surface area contributed by atoms with E-state index in [0.717, 1.165) is 24.9 Å². The molecule has 0 unspecified atom stereocenters. The van der Waals surface area contributed by atoms with Crippen LogP contribution in [0, 0.1) is 0 Å². The lowest BCUT2D eigenvalue weighted by molar-refractivity contribution is 0.204. The Labute approximate surface area is 207 Å². The van der Waals surface area contributed by atoms with E-state index in [2.05, 4.69) is 38.2 Å². The second-order valence-corrected chi connectivity index (χ2v) is 9.69. The fraction of sp³-hybridized carbons (Fsp3) is 0.308. The van der Waals surface area contributed by atoms with Crippen molar-refractivity contribution in [2.75, 3.05) is 38.1 Å². The topological polar surface area (TPSA) is 107 Å². The van der Waals surface area contributed by atoms with Gasteiger partial charge in [0.25, 0.3) is 0 Å². The number of aliphatic hydroxyl groups excluding tert-OH is 1. The number of aromatic nitrogens is 2. The number of sulfonamides is 1. The third-order valence-electron chi connectivity index (χ3n) is 5.48. The fourth-order valence-electron chi connectivity index (χ4n) is 3.55. The summed E-state index contributed by atoms with van der Waals surface area (Å²) >= 11 is 0. The van der Waals surface area contributed by atoms with Gasteiger partial charge in [0, 0.05) is 37.7 Å². The highest BCUT2D eigenvalue weighted by Gasteiger charge is 2.15. The van der Waals surface area contributed by atoms with Gasteiger partial charge < -0.3 is 15.3 Å². The van der Waals surface area contributed by atoms with E-state index in [0.29, 0.717) is 24.7 Å². The van der Waals surface area contributed by atoms with Crippen molar-refractivity contribution in [3.05, 3.63) is 84.7 Å². The van der Waals surface area contributed by atoms with Crippen LogP contribution >= 0.6 is 0 Å². The van der Waals surface area contributed by atoms with E-state index in [1.54, 1.807) is 36.7 Å². The SMILES string of the molecule is CCN(CCO)CCNS(=O)(=O)c1cccc(Nc2ncccccc(C3=CC=CCC3)cn2)c1. The molecule has 0 spiro atoms. The quantitative estimate of drug-likeness (QED) is 0.437. The number of rotatable bonds is 11. The fourth-order valence-corrected chi connectivity index (χ4v) is 4.62. The van der Waals surface area contributed by atoms with E-state index < -0.39 is 10.0 Å². The summed E-state index contributed by atoms with van der Waals surface area (Å²) in [5.74, 6) is 0.347. The van der Waals surface area contributed by atoms with Gasteiger partial charge in [0.1, 0.15) is 0 Å². The Morgan fingerprint density at radius 3 is 2.74 bits per heavy atom. The monoisotopic (exact) mass is 495 g/mol. The first-order valence-electron chi connectivity index (χ1n) is 11.7. The summed E-state index contributed by atoms with van der Waals surface area (Å²) in [6.07, 6.45) is 11.6. The molecule has 9 heteroatoms. The van der Waals surface area contributed by atoms with Crippen LogP contribution < -0.4 is 10.0 Å². The number of anilines is 2. The molecule has 1 aliphatic rings. The van der Waals surface area contributed by atoms with Crippen LogP contribution in [-0.2, 0) is 10.0 Å². The highest BCUT2D eigenvalue weighted by Crippen LogP contribution is 2.22. The Balaban J connectivity index is 1.78. The Kier molecular flexibility index (Phi) is 10.4. The lowest BCUT2D eigenvalue weighted by Gasteiger charge is -2.19. The summed E-state index contributed by atoms with van der Waals surface area (Å²) in [5, 5.41) is 12.2. The number of nitrogens with zero attached hydrogens (tertiary/aromatic N) is 3. The Morgan fingerprint density at radius 1 is 1.09 bits per heavy atom. The molecule has 3 N–H and O–H groups in total. The molecule has 1 aliphatic carbocycles. The van der Waals surface area contributed by atoms with Crippen molar-refractivity contribution in [3.63, 3.8) is 0 Å². The van der Waals surface area contributed by atoms with Crippen molar-refractivity contribution in [2.24, 2.45) is 0 Å². The average molecular weight is 496 g/mol. The summed E-state index contributed by atoms with van der Waals surface area (Å²) in [7, 11) is -3.69. The molecule has 0 radical (unpaired) electrons. The zero-order valence-electron chi connectivity index (χ0n) is 20.0. The van der Waals surface area contributed by atoms with Crippen molar-refractivity contribution in [3.8, 4) is 0 Å². The molecular formula is C26H33N5O3S. The van der Waals surface area contributed by atoms with E-state index in [4.69, 9.17) is 5.11 Å². The Hall–Kier alpha value is -3.11. The third kappa shape index (κ3) is 8.56. The molecule has 186 valence electrons. The predicted octanol–water partition coefficient (Wildman–Crippen LogP) is 3.67. The third-order valence-corrected chi connectivity index (χ3v) is 6.93. The summed E-state index contributed by atoms with van der Waals surface area (Å²) in [6.45, 7) is 4.02. The minimum atomic E-state index is -3.69. The van der Waals surface area contributed by atoms with Gasteiger partial charge in [-0.25, -0.2) is 23.1 Å². The number of hydrogen-bond donors (Lipinski definition) is 3. The summed E-state index contributed by atoms with van der Waals surface area (Å²) < 4.78 is 28.2. The molecule has 2 aromatic rings. The first-order chi connectivity index (χ1) is 17.0. The van der Waals surface area contributed by atoms with Crippen molar-refractivity contribution < 1.29 is 13.5 Å². The lowest BCUT2D eigenvalue weighted by atomic mass is 9.99.